The molecular weight excluding hydrogens is 368 g/mol. The van der Waals surface area contributed by atoms with Crippen molar-refractivity contribution in [3.05, 3.63) is 12.1 Å². The lowest BCUT2D eigenvalue weighted by molar-refractivity contribution is -0.131. The quantitative estimate of drug-likeness (QED) is 0.812. The first-order chi connectivity index (χ1) is 12.5. The van der Waals surface area contributed by atoms with Crippen molar-refractivity contribution in [2.45, 2.75) is 26.7 Å². The number of hydrogen-bond acceptors (Lipinski definition) is 5. The third-order valence-electron chi connectivity index (χ3n) is 4.84. The van der Waals surface area contributed by atoms with Crippen molar-refractivity contribution in [2.75, 3.05) is 45.3 Å². The fourth-order valence-electron chi connectivity index (χ4n) is 3.21. The van der Waals surface area contributed by atoms with Crippen LogP contribution in [0.1, 0.15) is 26.7 Å². The summed E-state index contributed by atoms with van der Waals surface area (Å²) in [7, 11) is 3.24. The van der Waals surface area contributed by atoms with Gasteiger partial charge in [-0.15, -0.1) is 12.4 Å². The van der Waals surface area contributed by atoms with Crippen LogP contribution in [0.25, 0.3) is 11.0 Å². The standard InChI is InChI=1S/C19H28N4O3.ClH/c1-13(2)5-6-18(24)22-7-9-23(10-8-22)19-20-14-11-16(25-3)17(26-4)12-15(14)21-19;/h11-13H,5-10H2,1-4H3,(H,20,21);1H. The van der Waals surface area contributed by atoms with Gasteiger partial charge < -0.3 is 24.3 Å². The predicted octanol–water partition coefficient (Wildman–Crippen LogP) is 3.09. The van der Waals surface area contributed by atoms with E-state index < -0.39 is 0 Å². The molecule has 1 amide bonds. The second-order valence-corrected chi connectivity index (χ2v) is 7.09. The first kappa shape index (κ1) is 21.2. The van der Waals surface area contributed by atoms with Crippen LogP contribution in [0.15, 0.2) is 12.1 Å². The number of nitrogens with one attached hydrogen (secondary N) is 1. The molecule has 0 spiro atoms. The zero-order valence-corrected chi connectivity index (χ0v) is 17.3. The molecule has 1 aromatic carbocycles. The lowest BCUT2D eigenvalue weighted by Crippen LogP contribution is -2.49. The van der Waals surface area contributed by atoms with Gasteiger partial charge in [-0.1, -0.05) is 13.8 Å². The molecule has 0 radical (unpaired) electrons. The number of imidazole rings is 1. The number of rotatable bonds is 6. The van der Waals surface area contributed by atoms with Gasteiger partial charge in [-0.3, -0.25) is 4.79 Å². The average molecular weight is 397 g/mol. The minimum absolute atomic E-state index is 0. The Morgan fingerprint density at radius 1 is 1.15 bits per heavy atom. The van der Waals surface area contributed by atoms with E-state index in [1.807, 2.05) is 17.0 Å². The molecule has 0 bridgehead atoms. The number of piperazine rings is 1. The molecule has 8 heteroatoms. The molecule has 0 atom stereocenters. The maximum Gasteiger partial charge on any atom is 0.222 e. The molecule has 1 N–H and O–H groups in total. The summed E-state index contributed by atoms with van der Waals surface area (Å²) in [5.41, 5.74) is 1.75. The average Bonchev–Trinajstić information content (AvgIpc) is 3.07. The maximum atomic E-state index is 12.3. The Balaban J connectivity index is 0.00000261. The van der Waals surface area contributed by atoms with Gasteiger partial charge in [0, 0.05) is 44.7 Å². The van der Waals surface area contributed by atoms with Crippen molar-refractivity contribution in [3.8, 4) is 11.5 Å². The fourth-order valence-corrected chi connectivity index (χ4v) is 3.21. The molecule has 1 aliphatic rings. The third-order valence-corrected chi connectivity index (χ3v) is 4.84. The van der Waals surface area contributed by atoms with Crippen LogP contribution in [0, 0.1) is 5.92 Å². The van der Waals surface area contributed by atoms with E-state index in [-0.39, 0.29) is 18.3 Å². The first-order valence-corrected chi connectivity index (χ1v) is 9.16. The molecular formula is C19H29ClN4O3. The topological polar surface area (TPSA) is 70.7 Å². The van der Waals surface area contributed by atoms with E-state index in [0.717, 1.165) is 49.6 Å². The smallest absolute Gasteiger partial charge is 0.222 e. The normalized spacial score (nSPS) is 14.4. The van der Waals surface area contributed by atoms with Crippen LogP contribution in [0.2, 0.25) is 0 Å². The number of carbonyl (C=O) groups is 1. The summed E-state index contributed by atoms with van der Waals surface area (Å²) in [6.45, 7) is 7.33. The van der Waals surface area contributed by atoms with Crippen LogP contribution in [0.3, 0.4) is 0 Å². The second kappa shape index (κ2) is 9.17. The zero-order chi connectivity index (χ0) is 18.7. The molecule has 150 valence electrons. The molecule has 1 saturated heterocycles. The number of nitrogens with zero attached hydrogens (tertiary/aromatic N) is 3. The van der Waals surface area contributed by atoms with Gasteiger partial charge in [-0.25, -0.2) is 4.98 Å². The predicted molar refractivity (Wildman–Crippen MR) is 109 cm³/mol. The minimum atomic E-state index is 0. The van der Waals surface area contributed by atoms with Gasteiger partial charge in [0.2, 0.25) is 11.9 Å². The molecule has 27 heavy (non-hydrogen) atoms. The van der Waals surface area contributed by atoms with Gasteiger partial charge in [0.1, 0.15) is 0 Å². The molecule has 1 aliphatic heterocycles. The minimum Gasteiger partial charge on any atom is -0.493 e. The third kappa shape index (κ3) is 4.77. The number of ether oxygens (including phenoxy) is 2. The van der Waals surface area contributed by atoms with E-state index in [1.165, 1.54) is 0 Å². The Hall–Kier alpha value is -2.15. The van der Waals surface area contributed by atoms with Gasteiger partial charge in [-0.05, 0) is 12.3 Å². The van der Waals surface area contributed by atoms with Gasteiger partial charge >= 0.3 is 0 Å². The number of amides is 1. The summed E-state index contributed by atoms with van der Waals surface area (Å²) < 4.78 is 10.7. The van der Waals surface area contributed by atoms with Gasteiger partial charge in [0.25, 0.3) is 0 Å². The van der Waals surface area contributed by atoms with E-state index in [2.05, 4.69) is 28.7 Å². The molecule has 1 aromatic heterocycles. The SMILES string of the molecule is COc1cc2nc(N3CCN(C(=O)CCC(C)C)CC3)[nH]c2cc1OC.Cl. The van der Waals surface area contributed by atoms with E-state index in [4.69, 9.17) is 9.47 Å². The van der Waals surface area contributed by atoms with Crippen LogP contribution in [0.5, 0.6) is 11.5 Å². The molecule has 2 heterocycles. The number of H-pyrrole nitrogens is 1. The Labute approximate surface area is 166 Å². The number of carbonyl (C=O) groups excluding carboxylic acids is 1. The van der Waals surface area contributed by atoms with Crippen molar-refractivity contribution in [1.82, 2.24) is 14.9 Å². The highest BCUT2D eigenvalue weighted by Gasteiger charge is 2.23. The van der Waals surface area contributed by atoms with Crippen LogP contribution in [0.4, 0.5) is 5.95 Å². The number of halogens is 1. The van der Waals surface area contributed by atoms with Crippen LogP contribution in [-0.2, 0) is 4.79 Å². The zero-order valence-electron chi connectivity index (χ0n) is 16.4. The first-order valence-electron chi connectivity index (χ1n) is 9.16. The van der Waals surface area contributed by atoms with Crippen molar-refractivity contribution in [1.29, 1.82) is 0 Å². The van der Waals surface area contributed by atoms with Gasteiger partial charge in [0.15, 0.2) is 11.5 Å². The Bertz CT molecular complexity index is 729. The summed E-state index contributed by atoms with van der Waals surface area (Å²) in [5, 5.41) is 0. The number of benzene rings is 1. The maximum absolute atomic E-state index is 12.3. The van der Waals surface area contributed by atoms with Crippen LogP contribution in [-0.4, -0.2) is 61.2 Å². The molecule has 7 nitrogen and oxygen atoms in total. The Morgan fingerprint density at radius 3 is 2.37 bits per heavy atom. The van der Waals surface area contributed by atoms with E-state index in [0.29, 0.717) is 23.8 Å². The molecule has 0 aliphatic carbocycles. The second-order valence-electron chi connectivity index (χ2n) is 7.09. The molecule has 3 rings (SSSR count). The van der Waals surface area contributed by atoms with Crippen molar-refractivity contribution < 1.29 is 14.3 Å². The molecule has 0 saturated carbocycles. The highest BCUT2D eigenvalue weighted by Crippen LogP contribution is 2.32. The summed E-state index contributed by atoms with van der Waals surface area (Å²) >= 11 is 0. The molecule has 1 fully saturated rings. The summed E-state index contributed by atoms with van der Waals surface area (Å²) in [6, 6.07) is 3.77. The highest BCUT2D eigenvalue weighted by molar-refractivity contribution is 5.85. The van der Waals surface area contributed by atoms with Crippen LogP contribution >= 0.6 is 12.4 Å². The van der Waals surface area contributed by atoms with E-state index in [9.17, 15) is 4.79 Å². The Morgan fingerprint density at radius 2 is 1.78 bits per heavy atom. The number of hydrogen-bond donors (Lipinski definition) is 1. The van der Waals surface area contributed by atoms with Gasteiger partial charge in [-0.2, -0.15) is 0 Å². The monoisotopic (exact) mass is 396 g/mol. The summed E-state index contributed by atoms with van der Waals surface area (Å²) in [5.74, 6) is 2.99. The van der Waals surface area contributed by atoms with E-state index >= 15 is 0 Å². The van der Waals surface area contributed by atoms with Gasteiger partial charge in [0.05, 0.1) is 25.3 Å². The lowest BCUT2D eigenvalue weighted by Gasteiger charge is -2.34. The van der Waals surface area contributed by atoms with Crippen molar-refractivity contribution in [3.63, 3.8) is 0 Å². The number of fused-ring (bicyclic) bond motifs is 1. The van der Waals surface area contributed by atoms with Crippen molar-refractivity contribution in [2.24, 2.45) is 5.92 Å². The number of anilines is 1. The number of aromatic amines is 1. The largest absolute Gasteiger partial charge is 0.493 e. The number of aromatic nitrogens is 2. The Kier molecular flexibility index (Phi) is 7.18. The van der Waals surface area contributed by atoms with Crippen molar-refractivity contribution >= 4 is 35.3 Å². The molecule has 2 aromatic rings. The summed E-state index contributed by atoms with van der Waals surface area (Å²) in [6.07, 6.45) is 1.59. The fraction of sp³-hybridized carbons (Fsp3) is 0.579. The molecule has 0 unspecified atom stereocenters. The number of methoxy groups -OCH3 is 2. The van der Waals surface area contributed by atoms with E-state index in [1.54, 1.807) is 14.2 Å². The summed E-state index contributed by atoms with van der Waals surface area (Å²) in [4.78, 5) is 24.5. The highest BCUT2D eigenvalue weighted by atomic mass is 35.5. The van der Waals surface area contributed by atoms with Crippen LogP contribution < -0.4 is 14.4 Å². The lowest BCUT2D eigenvalue weighted by atomic mass is 10.1.